The Morgan fingerprint density at radius 2 is 2.26 bits per heavy atom. The maximum atomic E-state index is 11.5. The summed E-state index contributed by atoms with van der Waals surface area (Å²) in [6.07, 6.45) is 0. The van der Waals surface area contributed by atoms with E-state index in [-0.39, 0.29) is 0 Å². The van der Waals surface area contributed by atoms with E-state index in [4.69, 9.17) is 4.74 Å². The molecule has 100 valence electrons. The van der Waals surface area contributed by atoms with E-state index in [0.29, 0.717) is 17.4 Å². The number of nitrogens with one attached hydrogen (secondary N) is 1. The fraction of sp³-hybridized carbons (Fsp3) is 0.167. The molecule has 4 nitrogen and oxygen atoms in total. The molecule has 2 rings (SSSR count). The third-order valence-electron chi connectivity index (χ3n) is 2.16. The molecule has 0 amide bonds. The van der Waals surface area contributed by atoms with E-state index in [1.54, 1.807) is 12.3 Å². The second-order valence-corrected chi connectivity index (χ2v) is 6.14. The minimum Gasteiger partial charge on any atom is -0.461 e. The van der Waals surface area contributed by atoms with Crippen LogP contribution in [0.5, 0.6) is 0 Å². The molecule has 1 aromatic heterocycles. The molecule has 0 saturated carbocycles. The number of nitrogens with zero attached hydrogens (tertiary/aromatic N) is 1. The highest BCUT2D eigenvalue weighted by Crippen LogP contribution is 2.30. The van der Waals surface area contributed by atoms with Crippen molar-refractivity contribution in [1.29, 1.82) is 0 Å². The number of hydrogen-bond donors (Lipinski definition) is 1. The summed E-state index contributed by atoms with van der Waals surface area (Å²) in [5, 5.41) is 5.47. The third-order valence-corrected chi connectivity index (χ3v) is 4.07. The molecule has 1 heterocycles. The van der Waals surface area contributed by atoms with Crippen molar-refractivity contribution in [3.63, 3.8) is 0 Å². The number of esters is 1. The van der Waals surface area contributed by atoms with E-state index in [0.717, 1.165) is 14.6 Å². The number of aromatic nitrogens is 1. The number of carbonyl (C=O) groups is 1. The first kappa shape index (κ1) is 14.5. The van der Waals surface area contributed by atoms with E-state index in [1.165, 1.54) is 11.3 Å². The van der Waals surface area contributed by atoms with Crippen molar-refractivity contribution in [2.45, 2.75) is 6.92 Å². The molecule has 0 spiro atoms. The molecule has 0 bridgehead atoms. The molecule has 1 N–H and O–H groups in total. The van der Waals surface area contributed by atoms with Gasteiger partial charge in [0.15, 0.2) is 10.8 Å². The molecule has 0 aliphatic carbocycles. The Hall–Kier alpha value is -0.920. The lowest BCUT2D eigenvalue weighted by atomic mass is 10.3. The van der Waals surface area contributed by atoms with Gasteiger partial charge in [0.1, 0.15) is 0 Å². The summed E-state index contributed by atoms with van der Waals surface area (Å²) in [4.78, 5) is 15.7. The van der Waals surface area contributed by atoms with Crippen LogP contribution in [0.2, 0.25) is 0 Å². The molecule has 0 saturated heterocycles. The monoisotopic (exact) mass is 404 g/mol. The lowest BCUT2D eigenvalue weighted by molar-refractivity contribution is 0.0520. The molecular formula is C12H10Br2N2O2S. The van der Waals surface area contributed by atoms with Crippen molar-refractivity contribution in [1.82, 2.24) is 4.98 Å². The number of rotatable bonds is 4. The van der Waals surface area contributed by atoms with Crippen LogP contribution in [-0.4, -0.2) is 17.6 Å². The fourth-order valence-electron chi connectivity index (χ4n) is 1.34. The molecule has 19 heavy (non-hydrogen) atoms. The van der Waals surface area contributed by atoms with Gasteiger partial charge in [0.2, 0.25) is 0 Å². The van der Waals surface area contributed by atoms with Crippen LogP contribution in [0.4, 0.5) is 10.8 Å². The van der Waals surface area contributed by atoms with Crippen molar-refractivity contribution in [2.75, 3.05) is 11.9 Å². The van der Waals surface area contributed by atoms with Crippen LogP contribution in [0.25, 0.3) is 0 Å². The first-order chi connectivity index (χ1) is 9.10. The van der Waals surface area contributed by atoms with E-state index >= 15 is 0 Å². The maximum absolute atomic E-state index is 11.5. The van der Waals surface area contributed by atoms with Crippen LogP contribution >= 0.6 is 43.2 Å². The molecular weight excluding hydrogens is 396 g/mol. The van der Waals surface area contributed by atoms with Gasteiger partial charge in [0.05, 0.1) is 12.3 Å². The van der Waals surface area contributed by atoms with Crippen molar-refractivity contribution < 1.29 is 9.53 Å². The fourth-order valence-corrected chi connectivity index (χ4v) is 3.17. The van der Waals surface area contributed by atoms with Crippen LogP contribution in [0.15, 0.2) is 32.5 Å². The smallest absolute Gasteiger partial charge is 0.357 e. The quantitative estimate of drug-likeness (QED) is 0.755. The Morgan fingerprint density at radius 1 is 1.47 bits per heavy atom. The Kier molecular flexibility index (Phi) is 4.95. The lowest BCUT2D eigenvalue weighted by Crippen LogP contribution is -2.05. The van der Waals surface area contributed by atoms with Gasteiger partial charge in [0.25, 0.3) is 0 Å². The molecule has 0 fully saturated rings. The van der Waals surface area contributed by atoms with Crippen molar-refractivity contribution >= 4 is 60.0 Å². The zero-order chi connectivity index (χ0) is 13.8. The first-order valence-corrected chi connectivity index (χ1v) is 7.91. The standard InChI is InChI=1S/C12H10Br2N2O2S/c1-2-18-11(17)10-6-19-12(16-10)15-9-4-3-7(13)5-8(9)14/h3-6H,2H2,1H3,(H,15,16). The molecule has 0 aliphatic rings. The van der Waals surface area contributed by atoms with Crippen molar-refractivity contribution in [3.8, 4) is 0 Å². The predicted molar refractivity (Wildman–Crippen MR) is 83.2 cm³/mol. The van der Waals surface area contributed by atoms with Crippen LogP contribution < -0.4 is 5.32 Å². The number of carbonyl (C=O) groups excluding carboxylic acids is 1. The zero-order valence-corrected chi connectivity index (χ0v) is 13.9. The normalized spacial score (nSPS) is 10.3. The van der Waals surface area contributed by atoms with E-state index < -0.39 is 5.97 Å². The van der Waals surface area contributed by atoms with Crippen LogP contribution in [-0.2, 0) is 4.74 Å². The summed E-state index contributed by atoms with van der Waals surface area (Å²) in [6.45, 7) is 2.11. The molecule has 0 aliphatic heterocycles. The Bertz CT molecular complexity index is 601. The van der Waals surface area contributed by atoms with Gasteiger partial charge in [0, 0.05) is 14.3 Å². The minimum absolute atomic E-state index is 0.322. The van der Waals surface area contributed by atoms with Gasteiger partial charge in [-0.05, 0) is 41.1 Å². The second kappa shape index (κ2) is 6.49. The van der Waals surface area contributed by atoms with Gasteiger partial charge in [-0.2, -0.15) is 0 Å². The number of thiazole rings is 1. The number of anilines is 2. The maximum Gasteiger partial charge on any atom is 0.357 e. The molecule has 1 aromatic carbocycles. The highest BCUT2D eigenvalue weighted by molar-refractivity contribution is 9.11. The molecule has 0 atom stereocenters. The number of ether oxygens (including phenoxy) is 1. The van der Waals surface area contributed by atoms with E-state index in [2.05, 4.69) is 42.2 Å². The van der Waals surface area contributed by atoms with E-state index in [1.807, 2.05) is 18.2 Å². The van der Waals surface area contributed by atoms with Crippen LogP contribution in [0, 0.1) is 0 Å². The van der Waals surface area contributed by atoms with Crippen molar-refractivity contribution in [2.24, 2.45) is 0 Å². The molecule has 0 radical (unpaired) electrons. The zero-order valence-electron chi connectivity index (χ0n) is 9.94. The Morgan fingerprint density at radius 3 is 2.95 bits per heavy atom. The summed E-state index contributed by atoms with van der Waals surface area (Å²) in [7, 11) is 0. The Balaban J connectivity index is 2.13. The number of hydrogen-bond acceptors (Lipinski definition) is 5. The third kappa shape index (κ3) is 3.77. The summed E-state index contributed by atoms with van der Waals surface area (Å²) < 4.78 is 6.79. The average molecular weight is 406 g/mol. The number of halogens is 2. The molecule has 2 aromatic rings. The van der Waals surface area contributed by atoms with Crippen molar-refractivity contribution in [3.05, 3.63) is 38.2 Å². The summed E-state index contributed by atoms with van der Waals surface area (Å²) in [5.41, 5.74) is 1.20. The first-order valence-electron chi connectivity index (χ1n) is 5.45. The largest absolute Gasteiger partial charge is 0.461 e. The van der Waals surface area contributed by atoms with Crippen LogP contribution in [0.3, 0.4) is 0 Å². The Labute approximate surface area is 131 Å². The number of benzene rings is 1. The van der Waals surface area contributed by atoms with Gasteiger partial charge in [-0.3, -0.25) is 0 Å². The minimum atomic E-state index is -0.401. The highest BCUT2D eigenvalue weighted by atomic mass is 79.9. The van der Waals surface area contributed by atoms with Crippen LogP contribution in [0.1, 0.15) is 17.4 Å². The van der Waals surface area contributed by atoms with Gasteiger partial charge < -0.3 is 10.1 Å². The second-order valence-electron chi connectivity index (χ2n) is 3.51. The van der Waals surface area contributed by atoms with E-state index in [9.17, 15) is 4.79 Å². The molecule has 7 heteroatoms. The predicted octanol–water partition coefficient (Wildman–Crippen LogP) is 4.59. The highest BCUT2D eigenvalue weighted by Gasteiger charge is 2.12. The summed E-state index contributed by atoms with van der Waals surface area (Å²) >= 11 is 8.20. The lowest BCUT2D eigenvalue weighted by Gasteiger charge is -2.05. The molecule has 0 unspecified atom stereocenters. The van der Waals surface area contributed by atoms with Gasteiger partial charge in [-0.25, -0.2) is 9.78 Å². The topological polar surface area (TPSA) is 51.2 Å². The van der Waals surface area contributed by atoms with Gasteiger partial charge in [-0.15, -0.1) is 11.3 Å². The summed E-state index contributed by atoms with van der Waals surface area (Å²) in [6, 6.07) is 5.77. The SMILES string of the molecule is CCOC(=O)c1csc(Nc2ccc(Br)cc2Br)n1. The van der Waals surface area contributed by atoms with Gasteiger partial charge in [-0.1, -0.05) is 15.9 Å². The van der Waals surface area contributed by atoms with Gasteiger partial charge >= 0.3 is 5.97 Å². The average Bonchev–Trinajstić information content (AvgIpc) is 2.82. The summed E-state index contributed by atoms with van der Waals surface area (Å²) in [5.74, 6) is -0.401.